The molecule has 0 bridgehead atoms. The van der Waals surface area contributed by atoms with Crippen LogP contribution in [0.5, 0.6) is 11.5 Å². The minimum atomic E-state index is -0.782. The lowest BCUT2D eigenvalue weighted by molar-refractivity contribution is -0.116. The monoisotopic (exact) mass is 465 g/mol. The second-order valence-electron chi connectivity index (χ2n) is 7.68. The Morgan fingerprint density at radius 1 is 1.15 bits per heavy atom. The zero-order valence-corrected chi connectivity index (χ0v) is 18.6. The average Bonchev–Trinajstić information content (AvgIpc) is 3.27. The number of benzene rings is 2. The maximum atomic E-state index is 12.9. The largest absolute Gasteiger partial charge is 0.454 e. The molecule has 0 aliphatic carbocycles. The Bertz CT molecular complexity index is 1380. The summed E-state index contributed by atoms with van der Waals surface area (Å²) in [6, 6.07) is 12.2. The number of hydrogen-bond acceptors (Lipinski definition) is 8. The molecule has 0 radical (unpaired) electrons. The summed E-state index contributed by atoms with van der Waals surface area (Å²) in [7, 11) is 1.38. The molecule has 0 fully saturated rings. The Kier molecular flexibility index (Phi) is 6.09. The van der Waals surface area contributed by atoms with Gasteiger partial charge in [0.2, 0.25) is 12.7 Å². The first-order valence-corrected chi connectivity index (χ1v) is 10.4. The Hall–Kier alpha value is -4.54. The Balaban J connectivity index is 1.58. The number of nitrogens with zero attached hydrogens (tertiary/aromatic N) is 2. The van der Waals surface area contributed by atoms with Gasteiger partial charge in [0.25, 0.3) is 5.56 Å². The molecule has 1 aliphatic heterocycles. The first-order valence-electron chi connectivity index (χ1n) is 10.4. The number of carbonyl (C=O) groups excluding carboxylic acids is 2. The van der Waals surface area contributed by atoms with E-state index in [1.165, 1.54) is 18.5 Å². The van der Waals surface area contributed by atoms with Crippen LogP contribution in [0.4, 0.5) is 17.2 Å². The SMILES string of the molecule is CC(=O)c1cc2c(cc1NCC(=O)N(C)c1c(N)n(Cc3ccccc3)c(=O)[nH]c1=O)OCO2. The molecule has 4 N–H and O–H groups in total. The minimum Gasteiger partial charge on any atom is -0.454 e. The molecule has 2 heterocycles. The van der Waals surface area contributed by atoms with Crippen LogP contribution in [-0.4, -0.2) is 41.6 Å². The molecule has 176 valence electrons. The van der Waals surface area contributed by atoms with Crippen molar-refractivity contribution in [3.63, 3.8) is 0 Å². The molecule has 0 saturated heterocycles. The van der Waals surface area contributed by atoms with E-state index in [2.05, 4.69) is 10.3 Å². The van der Waals surface area contributed by atoms with Crippen LogP contribution < -0.4 is 36.7 Å². The lowest BCUT2D eigenvalue weighted by Gasteiger charge is -2.21. The van der Waals surface area contributed by atoms with Crippen molar-refractivity contribution >= 4 is 28.9 Å². The van der Waals surface area contributed by atoms with E-state index in [-0.39, 0.29) is 37.2 Å². The van der Waals surface area contributed by atoms with Crippen LogP contribution in [0.2, 0.25) is 0 Å². The Morgan fingerprint density at radius 3 is 2.50 bits per heavy atom. The predicted molar refractivity (Wildman–Crippen MR) is 126 cm³/mol. The molecule has 1 aliphatic rings. The van der Waals surface area contributed by atoms with Crippen molar-refractivity contribution in [2.24, 2.45) is 0 Å². The number of H-pyrrole nitrogens is 1. The van der Waals surface area contributed by atoms with Gasteiger partial charge in [-0.05, 0) is 18.6 Å². The third-order valence-corrected chi connectivity index (χ3v) is 5.43. The van der Waals surface area contributed by atoms with Crippen LogP contribution in [0.3, 0.4) is 0 Å². The number of nitrogens with one attached hydrogen (secondary N) is 2. The van der Waals surface area contributed by atoms with Crippen LogP contribution in [0, 0.1) is 0 Å². The third kappa shape index (κ3) is 4.35. The van der Waals surface area contributed by atoms with Crippen LogP contribution in [0.15, 0.2) is 52.1 Å². The van der Waals surface area contributed by atoms with Crippen molar-refractivity contribution in [3.8, 4) is 11.5 Å². The second-order valence-corrected chi connectivity index (χ2v) is 7.68. The normalized spacial score (nSPS) is 11.8. The van der Waals surface area contributed by atoms with Crippen molar-refractivity contribution < 1.29 is 19.1 Å². The summed E-state index contributed by atoms with van der Waals surface area (Å²) in [4.78, 5) is 53.1. The second kappa shape index (κ2) is 9.14. The lowest BCUT2D eigenvalue weighted by atomic mass is 10.1. The number of nitrogens with two attached hydrogens (primary N) is 1. The quantitative estimate of drug-likeness (QED) is 0.441. The highest BCUT2D eigenvalue weighted by Gasteiger charge is 2.23. The molecule has 11 nitrogen and oxygen atoms in total. The molecular formula is C23H23N5O6. The van der Waals surface area contributed by atoms with E-state index in [0.717, 1.165) is 10.5 Å². The molecule has 0 saturated carbocycles. The highest BCUT2D eigenvalue weighted by atomic mass is 16.7. The zero-order valence-electron chi connectivity index (χ0n) is 18.6. The van der Waals surface area contributed by atoms with Gasteiger partial charge in [0.05, 0.1) is 13.1 Å². The van der Waals surface area contributed by atoms with Gasteiger partial charge in [-0.15, -0.1) is 0 Å². The smallest absolute Gasteiger partial charge is 0.330 e. The molecule has 0 unspecified atom stereocenters. The first-order chi connectivity index (χ1) is 16.3. The number of rotatable bonds is 7. The van der Waals surface area contributed by atoms with E-state index in [0.29, 0.717) is 22.7 Å². The number of aromatic amines is 1. The fourth-order valence-corrected chi connectivity index (χ4v) is 3.62. The van der Waals surface area contributed by atoms with Crippen LogP contribution in [-0.2, 0) is 11.3 Å². The third-order valence-electron chi connectivity index (χ3n) is 5.43. The van der Waals surface area contributed by atoms with Gasteiger partial charge in [0.1, 0.15) is 5.82 Å². The van der Waals surface area contributed by atoms with Crippen LogP contribution in [0.25, 0.3) is 0 Å². The van der Waals surface area contributed by atoms with Gasteiger partial charge in [-0.25, -0.2) is 4.79 Å². The number of anilines is 3. The number of nitrogen functional groups attached to an aromatic ring is 1. The summed E-state index contributed by atoms with van der Waals surface area (Å²) in [5, 5.41) is 2.91. The van der Waals surface area contributed by atoms with Gasteiger partial charge in [-0.2, -0.15) is 0 Å². The molecule has 4 rings (SSSR count). The number of amides is 1. The van der Waals surface area contributed by atoms with E-state index in [1.807, 2.05) is 30.3 Å². The summed E-state index contributed by atoms with van der Waals surface area (Å²) in [6.45, 7) is 1.30. The predicted octanol–water partition coefficient (Wildman–Crippen LogP) is 1.17. The molecule has 0 atom stereocenters. The summed E-state index contributed by atoms with van der Waals surface area (Å²) in [6.07, 6.45) is 0. The van der Waals surface area contributed by atoms with E-state index in [1.54, 1.807) is 12.1 Å². The van der Waals surface area contributed by atoms with Gasteiger partial charge < -0.3 is 25.4 Å². The number of ketones is 1. The van der Waals surface area contributed by atoms with Crippen molar-refractivity contribution in [2.45, 2.75) is 13.5 Å². The van der Waals surface area contributed by atoms with Gasteiger partial charge in [-0.3, -0.25) is 23.9 Å². The van der Waals surface area contributed by atoms with E-state index in [4.69, 9.17) is 15.2 Å². The highest BCUT2D eigenvalue weighted by Crippen LogP contribution is 2.37. The van der Waals surface area contributed by atoms with Crippen molar-refractivity contribution in [1.29, 1.82) is 0 Å². The number of fused-ring (bicyclic) bond motifs is 1. The van der Waals surface area contributed by atoms with E-state index >= 15 is 0 Å². The number of ether oxygens (including phenoxy) is 2. The first kappa shape index (κ1) is 22.6. The van der Waals surface area contributed by atoms with Crippen molar-refractivity contribution in [3.05, 3.63) is 74.4 Å². The van der Waals surface area contributed by atoms with Crippen molar-refractivity contribution in [1.82, 2.24) is 9.55 Å². The fourth-order valence-electron chi connectivity index (χ4n) is 3.62. The fraction of sp³-hybridized carbons (Fsp3) is 0.217. The highest BCUT2D eigenvalue weighted by molar-refractivity contribution is 6.02. The molecule has 1 aromatic heterocycles. The summed E-state index contributed by atoms with van der Waals surface area (Å²) >= 11 is 0. The number of Topliss-reactive ketones (excluding diaryl/α,β-unsaturated/α-hetero) is 1. The van der Waals surface area contributed by atoms with E-state index in [9.17, 15) is 19.2 Å². The Morgan fingerprint density at radius 2 is 1.82 bits per heavy atom. The number of aromatic nitrogens is 2. The molecular weight excluding hydrogens is 442 g/mol. The van der Waals surface area contributed by atoms with Gasteiger partial charge in [0.15, 0.2) is 23.0 Å². The van der Waals surface area contributed by atoms with Crippen molar-refractivity contribution in [2.75, 3.05) is 36.3 Å². The Labute approximate surface area is 193 Å². The molecule has 3 aromatic rings. The van der Waals surface area contributed by atoms with Crippen LogP contribution in [0.1, 0.15) is 22.8 Å². The molecule has 1 amide bonds. The average molecular weight is 465 g/mol. The molecule has 0 spiro atoms. The molecule has 2 aromatic carbocycles. The number of carbonyl (C=O) groups is 2. The number of likely N-dealkylation sites (N-methyl/N-ethyl adjacent to an activating group) is 1. The maximum absolute atomic E-state index is 12.9. The standard InChI is InChI=1S/C23H23N5O6/c1-13(29)15-8-17-18(34-12-33-17)9-16(15)25-10-19(30)27(2)20-21(24)28(23(32)26-22(20)31)11-14-6-4-3-5-7-14/h3-9,25H,10-12,24H2,1-2H3,(H,26,31,32). The van der Waals surface area contributed by atoms with Gasteiger partial charge in [-0.1, -0.05) is 30.3 Å². The summed E-state index contributed by atoms with van der Waals surface area (Å²) in [5.74, 6) is 0.00618. The maximum Gasteiger partial charge on any atom is 0.330 e. The van der Waals surface area contributed by atoms with Gasteiger partial charge in [0, 0.05) is 24.4 Å². The van der Waals surface area contributed by atoms with Crippen LogP contribution >= 0.6 is 0 Å². The number of hydrogen-bond donors (Lipinski definition) is 3. The molecule has 11 heteroatoms. The zero-order chi connectivity index (χ0) is 24.4. The molecule has 34 heavy (non-hydrogen) atoms. The van der Waals surface area contributed by atoms with Gasteiger partial charge >= 0.3 is 5.69 Å². The lowest BCUT2D eigenvalue weighted by Crippen LogP contribution is -2.41. The minimum absolute atomic E-state index is 0.0402. The topological polar surface area (TPSA) is 149 Å². The van der Waals surface area contributed by atoms with E-state index < -0.39 is 17.2 Å². The summed E-state index contributed by atoms with van der Waals surface area (Å²) in [5.41, 5.74) is 6.05. The summed E-state index contributed by atoms with van der Waals surface area (Å²) < 4.78 is 11.8.